The molecular weight excluding hydrogens is 484 g/mol. The van der Waals surface area contributed by atoms with E-state index < -0.39 is 0 Å². The minimum Gasteiger partial charge on any atom is -0.485 e. The number of hydrogen-bond donors (Lipinski definition) is 0. The zero-order valence-electron chi connectivity index (χ0n) is 21.7. The number of ether oxygens (including phenoxy) is 1. The van der Waals surface area contributed by atoms with E-state index in [0.29, 0.717) is 6.04 Å². The van der Waals surface area contributed by atoms with Gasteiger partial charge in [-0.15, -0.1) is 24.8 Å². The van der Waals surface area contributed by atoms with Crippen molar-refractivity contribution in [2.45, 2.75) is 65.6 Å². The monoisotopic (exact) mass is 523 g/mol. The van der Waals surface area contributed by atoms with Crippen molar-refractivity contribution in [1.29, 1.82) is 0 Å². The molecule has 4 nitrogen and oxygen atoms in total. The van der Waals surface area contributed by atoms with Crippen molar-refractivity contribution >= 4 is 30.5 Å². The maximum atomic E-state index is 13.2. The highest BCUT2D eigenvalue weighted by molar-refractivity contribution is 5.85. The van der Waals surface area contributed by atoms with Crippen molar-refractivity contribution in [2.24, 2.45) is 0 Å². The third-order valence-electron chi connectivity index (χ3n) is 8.07. The molecule has 0 saturated carbocycles. The van der Waals surface area contributed by atoms with E-state index in [2.05, 4.69) is 49.3 Å². The first-order valence-electron chi connectivity index (χ1n) is 12.5. The second-order valence-corrected chi connectivity index (χ2v) is 10.7. The van der Waals surface area contributed by atoms with E-state index in [4.69, 9.17) is 4.74 Å². The molecule has 7 heteroatoms. The van der Waals surface area contributed by atoms with Crippen molar-refractivity contribution in [2.75, 3.05) is 44.2 Å². The number of hydrogen-bond acceptors (Lipinski definition) is 4. The lowest BCUT2D eigenvalue weighted by atomic mass is 9.87. The minimum absolute atomic E-state index is 0. The van der Waals surface area contributed by atoms with Gasteiger partial charge in [0, 0.05) is 44.0 Å². The Bertz CT molecular complexity index is 1030. The molecule has 0 bridgehead atoms. The maximum Gasteiger partial charge on any atom is 0.128 e. The van der Waals surface area contributed by atoms with Gasteiger partial charge in [-0.3, -0.25) is 9.80 Å². The van der Waals surface area contributed by atoms with Crippen LogP contribution in [0.2, 0.25) is 0 Å². The fourth-order valence-corrected chi connectivity index (χ4v) is 6.33. The van der Waals surface area contributed by atoms with Gasteiger partial charge in [0.05, 0.1) is 6.04 Å². The van der Waals surface area contributed by atoms with Crippen LogP contribution in [-0.2, 0) is 6.54 Å². The first kappa shape index (κ1) is 28.0. The summed E-state index contributed by atoms with van der Waals surface area (Å²) in [4.78, 5) is 7.72. The summed E-state index contributed by atoms with van der Waals surface area (Å²) in [6, 6.07) is 7.26. The van der Waals surface area contributed by atoms with Gasteiger partial charge < -0.3 is 9.64 Å². The lowest BCUT2D eigenvalue weighted by Gasteiger charge is -2.39. The van der Waals surface area contributed by atoms with Gasteiger partial charge in [-0.2, -0.15) is 0 Å². The fourth-order valence-electron chi connectivity index (χ4n) is 6.33. The van der Waals surface area contributed by atoms with Crippen LogP contribution in [0.15, 0.2) is 24.3 Å². The van der Waals surface area contributed by atoms with Gasteiger partial charge in [0.15, 0.2) is 0 Å². The Morgan fingerprint density at radius 2 is 1.46 bits per heavy atom. The molecule has 0 aliphatic carbocycles. The third kappa shape index (κ3) is 5.16. The Kier molecular flexibility index (Phi) is 8.69. The van der Waals surface area contributed by atoms with Gasteiger partial charge in [0.1, 0.15) is 17.2 Å². The summed E-state index contributed by atoms with van der Waals surface area (Å²) in [6.07, 6.45) is 2.57. The van der Waals surface area contributed by atoms with Crippen molar-refractivity contribution in [1.82, 2.24) is 9.80 Å². The maximum absolute atomic E-state index is 13.2. The molecule has 3 heterocycles. The summed E-state index contributed by atoms with van der Waals surface area (Å²) < 4.78 is 19.9. The van der Waals surface area contributed by atoms with Crippen LogP contribution in [0.1, 0.15) is 60.5 Å². The highest BCUT2D eigenvalue weighted by Crippen LogP contribution is 2.53. The second kappa shape index (κ2) is 10.8. The smallest absolute Gasteiger partial charge is 0.128 e. The fraction of sp³-hybridized carbons (Fsp3) is 0.571. The highest BCUT2D eigenvalue weighted by Gasteiger charge is 2.47. The summed E-state index contributed by atoms with van der Waals surface area (Å²) >= 11 is 0. The van der Waals surface area contributed by atoms with Crippen LogP contribution in [0.3, 0.4) is 0 Å². The SMILES string of the molecule is Cc1c(C)c(N2CCN(Cc3ccc(F)cc3)CC2)c(C)c2c1OC(C)(C)C2N1CCCC1.Cl.Cl. The van der Waals surface area contributed by atoms with E-state index >= 15 is 0 Å². The third-order valence-corrected chi connectivity index (χ3v) is 8.07. The topological polar surface area (TPSA) is 19.0 Å². The predicted molar refractivity (Wildman–Crippen MR) is 147 cm³/mol. The number of nitrogens with zero attached hydrogens (tertiary/aromatic N) is 3. The Balaban J connectivity index is 0.00000171. The second-order valence-electron chi connectivity index (χ2n) is 10.7. The van der Waals surface area contributed by atoms with Crippen molar-refractivity contribution in [3.8, 4) is 5.75 Å². The number of rotatable bonds is 4. The first-order chi connectivity index (χ1) is 15.8. The highest BCUT2D eigenvalue weighted by atomic mass is 35.5. The van der Waals surface area contributed by atoms with Gasteiger partial charge in [-0.25, -0.2) is 4.39 Å². The Labute approximate surface area is 222 Å². The average Bonchev–Trinajstić information content (AvgIpc) is 3.40. The van der Waals surface area contributed by atoms with Crippen molar-refractivity contribution in [3.63, 3.8) is 0 Å². The number of benzene rings is 2. The molecule has 0 N–H and O–H groups in total. The number of piperazine rings is 1. The molecule has 0 amide bonds. The van der Waals surface area contributed by atoms with Crippen LogP contribution in [0, 0.1) is 26.6 Å². The van der Waals surface area contributed by atoms with Crippen LogP contribution in [0.25, 0.3) is 0 Å². The zero-order chi connectivity index (χ0) is 23.3. The molecule has 0 radical (unpaired) electrons. The molecule has 2 aromatic rings. The summed E-state index contributed by atoms with van der Waals surface area (Å²) in [5.74, 6) is 0.964. The number of anilines is 1. The van der Waals surface area contributed by atoms with Crippen LogP contribution < -0.4 is 9.64 Å². The molecule has 5 rings (SSSR count). The predicted octanol–water partition coefficient (Wildman–Crippen LogP) is 6.22. The minimum atomic E-state index is -0.207. The summed E-state index contributed by atoms with van der Waals surface area (Å²) in [5, 5.41) is 0. The van der Waals surface area contributed by atoms with E-state index in [-0.39, 0.29) is 36.2 Å². The zero-order valence-corrected chi connectivity index (χ0v) is 23.3. The summed E-state index contributed by atoms with van der Waals surface area (Å²) in [6.45, 7) is 18.6. The van der Waals surface area contributed by atoms with Gasteiger partial charge in [-0.05, 0) is 94.9 Å². The quantitative estimate of drug-likeness (QED) is 0.473. The lowest BCUT2D eigenvalue weighted by molar-refractivity contribution is 0.0396. The Morgan fingerprint density at radius 3 is 2.06 bits per heavy atom. The molecular formula is C28H40Cl2FN3O. The van der Waals surface area contributed by atoms with Gasteiger partial charge >= 0.3 is 0 Å². The number of halogens is 3. The van der Waals surface area contributed by atoms with E-state index in [1.54, 1.807) is 12.1 Å². The van der Waals surface area contributed by atoms with Crippen molar-refractivity contribution in [3.05, 3.63) is 57.9 Å². The van der Waals surface area contributed by atoms with Crippen LogP contribution >= 0.6 is 24.8 Å². The molecule has 194 valence electrons. The normalized spacial score (nSPS) is 21.8. The van der Waals surface area contributed by atoms with E-state index in [1.807, 2.05) is 12.1 Å². The molecule has 0 spiro atoms. The largest absolute Gasteiger partial charge is 0.485 e. The summed E-state index contributed by atoms with van der Waals surface area (Å²) in [7, 11) is 0. The van der Waals surface area contributed by atoms with Gasteiger partial charge in [0.25, 0.3) is 0 Å². The molecule has 35 heavy (non-hydrogen) atoms. The summed E-state index contributed by atoms with van der Waals surface area (Å²) in [5.41, 5.74) is 7.87. The first-order valence-corrected chi connectivity index (χ1v) is 12.5. The van der Waals surface area contributed by atoms with Crippen LogP contribution in [0.4, 0.5) is 10.1 Å². The molecule has 1 unspecified atom stereocenters. The Morgan fingerprint density at radius 1 is 0.857 bits per heavy atom. The van der Waals surface area contributed by atoms with Gasteiger partial charge in [-0.1, -0.05) is 12.1 Å². The van der Waals surface area contributed by atoms with Crippen LogP contribution in [0.5, 0.6) is 5.75 Å². The average molecular weight is 525 g/mol. The number of fused-ring (bicyclic) bond motifs is 1. The standard InChI is InChI=1S/C28H38FN3O.2ClH/c1-19-20(2)26-24(27(28(4,5)33-26)32-12-6-7-13-32)21(3)25(19)31-16-14-30(15-17-31)18-22-8-10-23(29)11-9-22;;/h8-11,27H,6-7,12-18H2,1-5H3;2*1H. The Hall–Kier alpha value is -1.53. The lowest BCUT2D eigenvalue weighted by Crippen LogP contribution is -2.46. The molecule has 2 saturated heterocycles. The molecule has 3 aliphatic rings. The van der Waals surface area contributed by atoms with E-state index in [9.17, 15) is 4.39 Å². The van der Waals surface area contributed by atoms with Crippen molar-refractivity contribution < 1.29 is 9.13 Å². The number of likely N-dealkylation sites (tertiary alicyclic amines) is 1. The van der Waals surface area contributed by atoms with E-state index in [0.717, 1.165) is 38.5 Å². The van der Waals surface area contributed by atoms with Crippen LogP contribution in [-0.4, -0.2) is 54.7 Å². The van der Waals surface area contributed by atoms with E-state index in [1.165, 1.54) is 59.4 Å². The molecule has 2 aromatic carbocycles. The van der Waals surface area contributed by atoms with Gasteiger partial charge in [0.2, 0.25) is 0 Å². The molecule has 0 aromatic heterocycles. The molecule has 2 fully saturated rings. The molecule has 1 atom stereocenters. The molecule has 3 aliphatic heterocycles.